The van der Waals surface area contributed by atoms with E-state index in [1.54, 1.807) is 37.3 Å². The molecular weight excluding hydrogens is 294 g/mol. The Morgan fingerprint density at radius 2 is 2.13 bits per heavy atom. The third-order valence-electron chi connectivity index (χ3n) is 4.25. The fourth-order valence-corrected chi connectivity index (χ4v) is 2.68. The van der Waals surface area contributed by atoms with Gasteiger partial charge in [-0.1, -0.05) is 6.92 Å². The Hall–Kier alpha value is -1.79. The standard InChI is InChI=1S/C17H27N3O3/c1-11-8-19-12(2)10-23-15-6-5-13(18)7-14(15)17(21)20(3)9-16(11)22-4/h5-7,11-12,16,19H,8-10,18H2,1-4H3/t11-,12-,16-/m1/s1. The Kier molecular flexibility index (Phi) is 5.85. The van der Waals surface area contributed by atoms with Crippen LogP contribution in [0.1, 0.15) is 24.2 Å². The normalized spacial score (nSPS) is 26.7. The smallest absolute Gasteiger partial charge is 0.257 e. The molecule has 0 fully saturated rings. The van der Waals surface area contributed by atoms with Crippen LogP contribution in [0.15, 0.2) is 18.2 Å². The number of nitrogens with two attached hydrogens (primary N) is 1. The maximum atomic E-state index is 12.8. The van der Waals surface area contributed by atoms with Crippen LogP contribution in [0, 0.1) is 5.92 Å². The Morgan fingerprint density at radius 3 is 2.83 bits per heavy atom. The third kappa shape index (κ3) is 4.36. The molecule has 1 aromatic rings. The van der Waals surface area contributed by atoms with Crippen molar-refractivity contribution in [1.29, 1.82) is 0 Å². The average molecular weight is 321 g/mol. The van der Waals surface area contributed by atoms with Gasteiger partial charge in [-0.2, -0.15) is 0 Å². The monoisotopic (exact) mass is 321 g/mol. The van der Waals surface area contributed by atoms with Gasteiger partial charge in [0.25, 0.3) is 5.91 Å². The molecule has 0 aromatic heterocycles. The Morgan fingerprint density at radius 1 is 1.39 bits per heavy atom. The summed E-state index contributed by atoms with van der Waals surface area (Å²) < 4.78 is 11.4. The topological polar surface area (TPSA) is 76.8 Å². The molecule has 23 heavy (non-hydrogen) atoms. The largest absolute Gasteiger partial charge is 0.491 e. The highest BCUT2D eigenvalue weighted by Crippen LogP contribution is 2.24. The number of carbonyl (C=O) groups is 1. The Labute approximate surface area is 137 Å². The summed E-state index contributed by atoms with van der Waals surface area (Å²) >= 11 is 0. The fourth-order valence-electron chi connectivity index (χ4n) is 2.68. The van der Waals surface area contributed by atoms with Crippen molar-refractivity contribution in [3.8, 4) is 5.75 Å². The van der Waals surface area contributed by atoms with Crippen LogP contribution in [0.3, 0.4) is 0 Å². The van der Waals surface area contributed by atoms with E-state index in [2.05, 4.69) is 19.2 Å². The number of anilines is 1. The van der Waals surface area contributed by atoms with Crippen molar-refractivity contribution < 1.29 is 14.3 Å². The molecule has 3 atom stereocenters. The molecule has 1 heterocycles. The van der Waals surface area contributed by atoms with E-state index < -0.39 is 0 Å². The van der Waals surface area contributed by atoms with Crippen molar-refractivity contribution in [2.75, 3.05) is 39.6 Å². The van der Waals surface area contributed by atoms with Crippen LogP contribution >= 0.6 is 0 Å². The molecule has 0 saturated carbocycles. The molecule has 0 unspecified atom stereocenters. The maximum absolute atomic E-state index is 12.8. The number of nitrogens with one attached hydrogen (secondary N) is 1. The molecule has 128 valence electrons. The van der Waals surface area contributed by atoms with Gasteiger partial charge in [0.05, 0.1) is 11.7 Å². The summed E-state index contributed by atoms with van der Waals surface area (Å²) in [5.41, 5.74) is 6.88. The minimum atomic E-state index is -0.109. The number of carbonyl (C=O) groups excluding carboxylic acids is 1. The zero-order chi connectivity index (χ0) is 17.0. The molecule has 0 aliphatic carbocycles. The van der Waals surface area contributed by atoms with Crippen LogP contribution in [-0.4, -0.2) is 56.8 Å². The van der Waals surface area contributed by atoms with Gasteiger partial charge in [-0.15, -0.1) is 0 Å². The second-order valence-electron chi connectivity index (χ2n) is 6.31. The summed E-state index contributed by atoms with van der Waals surface area (Å²) in [6, 6.07) is 5.35. The molecule has 3 N–H and O–H groups in total. The lowest BCUT2D eigenvalue weighted by molar-refractivity contribution is 0.0281. The van der Waals surface area contributed by atoms with Crippen LogP contribution in [0.4, 0.5) is 5.69 Å². The van der Waals surface area contributed by atoms with Gasteiger partial charge in [0.2, 0.25) is 0 Å². The first-order valence-corrected chi connectivity index (χ1v) is 7.96. The van der Waals surface area contributed by atoms with Crippen LogP contribution in [0.25, 0.3) is 0 Å². The number of rotatable bonds is 1. The van der Waals surface area contributed by atoms with E-state index in [1.807, 2.05) is 0 Å². The van der Waals surface area contributed by atoms with E-state index in [-0.39, 0.29) is 24.0 Å². The SMILES string of the molecule is CO[C@@H]1CN(C)C(=O)c2cc(N)ccc2OC[C@@H](C)NC[C@H]1C. The summed E-state index contributed by atoms with van der Waals surface area (Å²) in [7, 11) is 3.46. The number of methoxy groups -OCH3 is 1. The van der Waals surface area contributed by atoms with Gasteiger partial charge in [-0.25, -0.2) is 0 Å². The predicted molar refractivity (Wildman–Crippen MR) is 90.7 cm³/mol. The molecule has 1 amide bonds. The van der Waals surface area contributed by atoms with E-state index in [4.69, 9.17) is 15.2 Å². The molecule has 1 aliphatic heterocycles. The van der Waals surface area contributed by atoms with Crippen molar-refractivity contribution >= 4 is 11.6 Å². The molecule has 1 aromatic carbocycles. The first-order chi connectivity index (χ1) is 10.9. The van der Waals surface area contributed by atoms with E-state index in [9.17, 15) is 4.79 Å². The van der Waals surface area contributed by atoms with Gasteiger partial charge in [0, 0.05) is 39.0 Å². The first kappa shape index (κ1) is 17.6. The first-order valence-electron chi connectivity index (χ1n) is 7.96. The van der Waals surface area contributed by atoms with Crippen LogP contribution in [-0.2, 0) is 4.74 Å². The van der Waals surface area contributed by atoms with Gasteiger partial charge >= 0.3 is 0 Å². The lowest BCUT2D eigenvalue weighted by atomic mass is 10.0. The lowest BCUT2D eigenvalue weighted by Crippen LogP contribution is -2.44. The molecule has 2 rings (SSSR count). The summed E-state index contributed by atoms with van der Waals surface area (Å²) in [4.78, 5) is 14.4. The van der Waals surface area contributed by atoms with Crippen LogP contribution < -0.4 is 15.8 Å². The van der Waals surface area contributed by atoms with E-state index in [0.29, 0.717) is 30.2 Å². The van der Waals surface area contributed by atoms with Crippen molar-refractivity contribution in [2.24, 2.45) is 5.92 Å². The van der Waals surface area contributed by atoms with Gasteiger partial charge in [0.15, 0.2) is 0 Å². The highest BCUT2D eigenvalue weighted by Gasteiger charge is 2.25. The van der Waals surface area contributed by atoms with Crippen LogP contribution in [0.5, 0.6) is 5.75 Å². The van der Waals surface area contributed by atoms with Crippen molar-refractivity contribution in [3.63, 3.8) is 0 Å². The zero-order valence-corrected chi connectivity index (χ0v) is 14.3. The lowest BCUT2D eigenvalue weighted by Gasteiger charge is -2.30. The number of nitrogens with zero attached hydrogens (tertiary/aromatic N) is 1. The molecule has 0 bridgehead atoms. The average Bonchev–Trinajstić information content (AvgIpc) is 2.54. The van der Waals surface area contributed by atoms with Gasteiger partial charge in [-0.3, -0.25) is 4.79 Å². The molecular formula is C17H27N3O3. The third-order valence-corrected chi connectivity index (χ3v) is 4.25. The number of ether oxygens (including phenoxy) is 2. The number of hydrogen-bond acceptors (Lipinski definition) is 5. The second-order valence-corrected chi connectivity index (χ2v) is 6.31. The minimum absolute atomic E-state index is 0.0338. The van der Waals surface area contributed by atoms with E-state index in [1.165, 1.54) is 0 Å². The molecule has 0 saturated heterocycles. The fraction of sp³-hybridized carbons (Fsp3) is 0.588. The number of fused-ring (bicyclic) bond motifs is 1. The second kappa shape index (κ2) is 7.66. The number of likely N-dealkylation sites (N-methyl/N-ethyl adjacent to an activating group) is 1. The van der Waals surface area contributed by atoms with Gasteiger partial charge < -0.3 is 25.4 Å². The number of hydrogen-bond donors (Lipinski definition) is 2. The molecule has 0 spiro atoms. The van der Waals surface area contributed by atoms with Crippen LogP contribution in [0.2, 0.25) is 0 Å². The van der Waals surface area contributed by atoms with Crippen molar-refractivity contribution in [1.82, 2.24) is 10.2 Å². The molecule has 1 aliphatic rings. The molecule has 6 heteroatoms. The maximum Gasteiger partial charge on any atom is 0.257 e. The summed E-state index contributed by atoms with van der Waals surface area (Å²) in [6.45, 7) is 5.98. The Bertz CT molecular complexity index is 550. The Balaban J connectivity index is 2.33. The number of nitrogen functional groups attached to an aromatic ring is 1. The number of amides is 1. The molecule has 6 nitrogen and oxygen atoms in total. The van der Waals surface area contributed by atoms with Gasteiger partial charge in [-0.05, 0) is 31.0 Å². The van der Waals surface area contributed by atoms with E-state index in [0.717, 1.165) is 6.54 Å². The molecule has 0 radical (unpaired) electrons. The summed E-state index contributed by atoms with van der Waals surface area (Å²) in [5.74, 6) is 0.729. The highest BCUT2D eigenvalue weighted by molar-refractivity contribution is 5.97. The van der Waals surface area contributed by atoms with Crippen molar-refractivity contribution in [3.05, 3.63) is 23.8 Å². The van der Waals surface area contributed by atoms with E-state index >= 15 is 0 Å². The highest BCUT2D eigenvalue weighted by atomic mass is 16.5. The number of benzene rings is 1. The summed E-state index contributed by atoms with van der Waals surface area (Å²) in [5, 5.41) is 3.45. The van der Waals surface area contributed by atoms with Crippen molar-refractivity contribution in [2.45, 2.75) is 26.0 Å². The summed E-state index contributed by atoms with van der Waals surface area (Å²) in [6.07, 6.45) is -0.0338. The quantitative estimate of drug-likeness (QED) is 0.764. The zero-order valence-electron chi connectivity index (χ0n) is 14.3. The van der Waals surface area contributed by atoms with Gasteiger partial charge in [0.1, 0.15) is 12.4 Å². The predicted octanol–water partition coefficient (Wildman–Crippen LogP) is 1.36. The minimum Gasteiger partial charge on any atom is -0.491 e.